The van der Waals surface area contributed by atoms with Gasteiger partial charge in [-0.15, -0.1) is 11.3 Å². The number of halogens is 5. The van der Waals surface area contributed by atoms with Crippen LogP contribution in [0, 0.1) is 0 Å². The van der Waals surface area contributed by atoms with E-state index >= 15 is 0 Å². The van der Waals surface area contributed by atoms with Gasteiger partial charge in [-0.2, -0.15) is 13.2 Å². The van der Waals surface area contributed by atoms with Crippen LogP contribution in [0.1, 0.15) is 40.9 Å². The van der Waals surface area contributed by atoms with E-state index in [9.17, 15) is 18.0 Å². The maximum atomic E-state index is 14.3. The molecule has 1 fully saturated rings. The van der Waals surface area contributed by atoms with Crippen molar-refractivity contribution in [1.29, 1.82) is 0 Å². The fourth-order valence-electron chi connectivity index (χ4n) is 3.66. The Morgan fingerprint density at radius 2 is 1.94 bits per heavy atom. The zero-order valence-electron chi connectivity index (χ0n) is 16.2. The number of oxime groups is 1. The first-order valence-corrected chi connectivity index (χ1v) is 11.3. The minimum absolute atomic E-state index is 0.0278. The number of carbonyl (C=O) groups is 1. The number of benzene rings is 1. The van der Waals surface area contributed by atoms with Crippen LogP contribution in [0.25, 0.3) is 10.1 Å². The van der Waals surface area contributed by atoms with Gasteiger partial charge in [0, 0.05) is 33.2 Å². The molecule has 0 bridgehead atoms. The Balaban J connectivity index is 1.54. The third-order valence-corrected chi connectivity index (χ3v) is 6.80. The number of carbonyl (C=O) groups excluding carboxylic acids is 1. The van der Waals surface area contributed by atoms with Crippen LogP contribution in [0.2, 0.25) is 10.0 Å². The summed E-state index contributed by atoms with van der Waals surface area (Å²) in [4.78, 5) is 21.9. The molecule has 1 atom stereocenters. The predicted molar refractivity (Wildman–Crippen MR) is 117 cm³/mol. The van der Waals surface area contributed by atoms with E-state index in [1.165, 1.54) is 35.7 Å². The first-order chi connectivity index (χ1) is 15.2. The molecule has 1 amide bonds. The molecule has 5 rings (SSSR count). The largest absolute Gasteiger partial charge is 0.435 e. The highest BCUT2D eigenvalue weighted by Gasteiger charge is 2.62. The average Bonchev–Trinajstić information content (AvgIpc) is 3.21. The molecule has 1 aromatic carbocycles. The smallest absolute Gasteiger partial charge is 0.374 e. The molecule has 0 radical (unpaired) electrons. The predicted octanol–water partition coefficient (Wildman–Crippen LogP) is 6.08. The Labute approximate surface area is 194 Å². The Morgan fingerprint density at radius 3 is 2.59 bits per heavy atom. The number of alkyl halides is 3. The second kappa shape index (κ2) is 7.60. The lowest BCUT2D eigenvalue weighted by Crippen LogP contribution is -2.42. The molecule has 1 aliphatic carbocycles. The van der Waals surface area contributed by atoms with Crippen LogP contribution in [0.15, 0.2) is 41.0 Å². The van der Waals surface area contributed by atoms with Crippen molar-refractivity contribution in [2.24, 2.45) is 5.16 Å². The molecule has 32 heavy (non-hydrogen) atoms. The summed E-state index contributed by atoms with van der Waals surface area (Å²) >= 11 is 13.2. The molecule has 3 aromatic rings. The van der Waals surface area contributed by atoms with Gasteiger partial charge in [0.2, 0.25) is 0 Å². The van der Waals surface area contributed by atoms with E-state index in [0.29, 0.717) is 15.6 Å². The molecule has 3 heterocycles. The zero-order chi connectivity index (χ0) is 22.7. The lowest BCUT2D eigenvalue weighted by Gasteiger charge is -2.29. The van der Waals surface area contributed by atoms with Crippen LogP contribution in [0.3, 0.4) is 0 Å². The van der Waals surface area contributed by atoms with Crippen molar-refractivity contribution in [3.63, 3.8) is 0 Å². The van der Waals surface area contributed by atoms with Crippen molar-refractivity contribution in [2.75, 3.05) is 0 Å². The standard InChI is InChI=1S/C21H14Cl2F3N3O2S/c22-11-5-10(6-12(23)7-11)20(21(24,25)26)8-16(29-31-20)17-18-14(3-4-32-18)15(9-27-17)19(30)28-13-1-2-13/h3-7,9,13H,1-2,8H2,(H,28,30). The van der Waals surface area contributed by atoms with Gasteiger partial charge in [0.25, 0.3) is 11.5 Å². The summed E-state index contributed by atoms with van der Waals surface area (Å²) in [5, 5.41) is 9.15. The maximum Gasteiger partial charge on any atom is 0.435 e. The third-order valence-electron chi connectivity index (χ3n) is 5.44. The second-order valence-electron chi connectivity index (χ2n) is 7.72. The van der Waals surface area contributed by atoms with Crippen molar-refractivity contribution >= 4 is 56.2 Å². The van der Waals surface area contributed by atoms with Gasteiger partial charge in [0.15, 0.2) is 0 Å². The molecule has 0 saturated heterocycles. The molecule has 1 N–H and O–H groups in total. The first kappa shape index (κ1) is 21.5. The Kier molecular flexibility index (Phi) is 5.11. The molecule has 2 aromatic heterocycles. The monoisotopic (exact) mass is 499 g/mol. The molecule has 0 spiro atoms. The molecule has 2 aliphatic rings. The number of rotatable bonds is 4. The van der Waals surface area contributed by atoms with Crippen LogP contribution in [0.5, 0.6) is 0 Å². The normalized spacial score (nSPS) is 20.8. The number of aromatic nitrogens is 1. The zero-order valence-corrected chi connectivity index (χ0v) is 18.5. The van der Waals surface area contributed by atoms with E-state index in [4.69, 9.17) is 28.0 Å². The number of nitrogens with zero attached hydrogens (tertiary/aromatic N) is 2. The van der Waals surface area contributed by atoms with Crippen LogP contribution < -0.4 is 5.32 Å². The van der Waals surface area contributed by atoms with Gasteiger partial charge in [-0.25, -0.2) is 0 Å². The van der Waals surface area contributed by atoms with Crippen molar-refractivity contribution in [1.82, 2.24) is 10.3 Å². The van der Waals surface area contributed by atoms with Gasteiger partial charge >= 0.3 is 6.18 Å². The second-order valence-corrected chi connectivity index (χ2v) is 9.51. The number of fused-ring (bicyclic) bond motifs is 1. The van der Waals surface area contributed by atoms with Gasteiger partial charge in [0.05, 0.1) is 16.7 Å². The fraction of sp³-hybridized carbons (Fsp3) is 0.286. The highest BCUT2D eigenvalue weighted by atomic mass is 35.5. The van der Waals surface area contributed by atoms with Crippen molar-refractivity contribution in [3.05, 3.63) is 62.7 Å². The third kappa shape index (κ3) is 3.62. The minimum atomic E-state index is -4.80. The van der Waals surface area contributed by atoms with Crippen LogP contribution in [-0.2, 0) is 10.4 Å². The molecule has 5 nitrogen and oxygen atoms in total. The van der Waals surface area contributed by atoms with E-state index in [-0.39, 0.29) is 39.0 Å². The van der Waals surface area contributed by atoms with Gasteiger partial charge in [0.1, 0.15) is 11.4 Å². The Hall–Kier alpha value is -2.36. The fourth-order valence-corrected chi connectivity index (χ4v) is 5.11. The van der Waals surface area contributed by atoms with E-state index < -0.39 is 18.2 Å². The van der Waals surface area contributed by atoms with Crippen molar-refractivity contribution in [2.45, 2.75) is 37.1 Å². The molecular formula is C21H14Cl2F3N3O2S. The van der Waals surface area contributed by atoms with Gasteiger partial charge < -0.3 is 10.2 Å². The Bertz CT molecular complexity index is 1250. The van der Waals surface area contributed by atoms with Crippen LogP contribution in [0.4, 0.5) is 13.2 Å². The topological polar surface area (TPSA) is 63.6 Å². The summed E-state index contributed by atoms with van der Waals surface area (Å²) in [6.45, 7) is 0. The maximum absolute atomic E-state index is 14.3. The highest BCUT2D eigenvalue weighted by molar-refractivity contribution is 7.17. The number of hydrogen-bond acceptors (Lipinski definition) is 5. The average molecular weight is 500 g/mol. The van der Waals surface area contributed by atoms with E-state index in [1.54, 1.807) is 11.4 Å². The highest BCUT2D eigenvalue weighted by Crippen LogP contribution is 2.50. The summed E-state index contributed by atoms with van der Waals surface area (Å²) in [7, 11) is 0. The molecule has 1 aliphatic heterocycles. The van der Waals surface area contributed by atoms with Crippen molar-refractivity contribution < 1.29 is 22.8 Å². The molecule has 166 valence electrons. The minimum Gasteiger partial charge on any atom is -0.374 e. The van der Waals surface area contributed by atoms with Gasteiger partial charge in [-0.1, -0.05) is 28.4 Å². The van der Waals surface area contributed by atoms with Crippen molar-refractivity contribution in [3.8, 4) is 0 Å². The number of amides is 1. The number of pyridine rings is 1. The molecule has 11 heteroatoms. The van der Waals surface area contributed by atoms with E-state index in [2.05, 4.69) is 15.5 Å². The lowest BCUT2D eigenvalue weighted by atomic mass is 9.87. The van der Waals surface area contributed by atoms with Gasteiger partial charge in [-0.05, 0) is 42.5 Å². The summed E-state index contributed by atoms with van der Waals surface area (Å²) in [6, 6.07) is 5.59. The van der Waals surface area contributed by atoms with Crippen LogP contribution >= 0.6 is 34.5 Å². The van der Waals surface area contributed by atoms with Crippen LogP contribution in [-0.4, -0.2) is 28.8 Å². The quantitative estimate of drug-likeness (QED) is 0.473. The first-order valence-electron chi connectivity index (χ1n) is 9.64. The summed E-state index contributed by atoms with van der Waals surface area (Å²) in [5.74, 6) is -0.252. The SMILES string of the molecule is O=C(NC1CC1)c1cnc(C2=NOC(c3cc(Cl)cc(Cl)c3)(C(F)(F)F)C2)c2sccc12. The summed E-state index contributed by atoms with van der Waals surface area (Å²) < 4.78 is 43.3. The lowest BCUT2D eigenvalue weighted by molar-refractivity contribution is -0.275. The number of hydrogen-bond donors (Lipinski definition) is 1. The summed E-state index contributed by atoms with van der Waals surface area (Å²) in [6.07, 6.45) is -2.17. The van der Waals surface area contributed by atoms with E-state index in [1.807, 2.05) is 0 Å². The Morgan fingerprint density at radius 1 is 1.22 bits per heavy atom. The number of thiophene rings is 1. The molecule has 1 saturated carbocycles. The molecule has 1 unspecified atom stereocenters. The van der Waals surface area contributed by atoms with Gasteiger partial charge in [-0.3, -0.25) is 9.78 Å². The van der Waals surface area contributed by atoms with E-state index in [0.717, 1.165) is 12.8 Å². The number of nitrogens with one attached hydrogen (secondary N) is 1. The molecular weight excluding hydrogens is 486 g/mol. The summed E-state index contributed by atoms with van der Waals surface area (Å²) in [5.41, 5.74) is -2.34.